The lowest BCUT2D eigenvalue weighted by atomic mass is 9.73. The molecule has 0 aliphatic carbocycles. The minimum Gasteiger partial charge on any atom is -0.459 e. The maximum absolute atomic E-state index is 13.8. The summed E-state index contributed by atoms with van der Waals surface area (Å²) in [4.78, 5) is 11.4. The second-order valence-electron chi connectivity index (χ2n) is 7.42. The van der Waals surface area contributed by atoms with E-state index in [1.807, 2.05) is 6.92 Å². The van der Waals surface area contributed by atoms with Gasteiger partial charge in [0.15, 0.2) is 0 Å². The molecule has 2 aliphatic rings. The SMILES string of the molecule is CC(=O)O[C@@H]1C[C@]2(C)O[C@@]1(C(C)C)C[C@H]2OCc1ccccc1F. The molecule has 132 valence electrons. The number of carbonyl (C=O) groups excluding carboxylic acids is 1. The first-order chi connectivity index (χ1) is 11.3. The van der Waals surface area contributed by atoms with Crippen LogP contribution in [-0.2, 0) is 25.6 Å². The smallest absolute Gasteiger partial charge is 0.303 e. The Kier molecular flexibility index (Phi) is 4.43. The summed E-state index contributed by atoms with van der Waals surface area (Å²) in [6.07, 6.45) is 0.847. The summed E-state index contributed by atoms with van der Waals surface area (Å²) >= 11 is 0. The Morgan fingerprint density at radius 2 is 2.04 bits per heavy atom. The highest BCUT2D eigenvalue weighted by Gasteiger charge is 2.67. The zero-order valence-corrected chi connectivity index (χ0v) is 14.7. The summed E-state index contributed by atoms with van der Waals surface area (Å²) in [5.41, 5.74) is -0.505. The molecule has 0 amide bonds. The Morgan fingerprint density at radius 1 is 1.33 bits per heavy atom. The van der Waals surface area contributed by atoms with E-state index in [9.17, 15) is 9.18 Å². The van der Waals surface area contributed by atoms with Crippen LogP contribution < -0.4 is 0 Å². The van der Waals surface area contributed by atoms with Crippen LogP contribution in [-0.4, -0.2) is 29.4 Å². The van der Waals surface area contributed by atoms with Crippen LogP contribution in [0.1, 0.15) is 46.1 Å². The molecule has 2 bridgehead atoms. The van der Waals surface area contributed by atoms with Crippen molar-refractivity contribution in [3.8, 4) is 0 Å². The highest BCUT2D eigenvalue weighted by molar-refractivity contribution is 5.66. The third-order valence-corrected chi connectivity index (χ3v) is 5.43. The third-order valence-electron chi connectivity index (χ3n) is 5.43. The largest absolute Gasteiger partial charge is 0.459 e. The van der Waals surface area contributed by atoms with E-state index in [0.717, 1.165) is 0 Å². The number of carbonyl (C=O) groups is 1. The van der Waals surface area contributed by atoms with Crippen molar-refractivity contribution in [1.29, 1.82) is 0 Å². The van der Waals surface area contributed by atoms with Gasteiger partial charge in [0.05, 0.1) is 18.3 Å². The van der Waals surface area contributed by atoms with Gasteiger partial charge in [-0.3, -0.25) is 4.79 Å². The van der Waals surface area contributed by atoms with E-state index < -0.39 is 11.2 Å². The number of esters is 1. The van der Waals surface area contributed by atoms with E-state index in [-0.39, 0.29) is 36.5 Å². The maximum atomic E-state index is 13.8. The Bertz CT molecular complexity index is 632. The van der Waals surface area contributed by atoms with E-state index in [2.05, 4.69) is 13.8 Å². The Hall–Kier alpha value is -1.46. The summed E-state index contributed by atoms with van der Waals surface area (Å²) in [7, 11) is 0. The number of halogens is 1. The van der Waals surface area contributed by atoms with E-state index in [1.54, 1.807) is 18.2 Å². The third kappa shape index (κ3) is 2.84. The molecule has 2 saturated heterocycles. The number of fused-ring (bicyclic) bond motifs is 2. The average molecular weight is 336 g/mol. The van der Waals surface area contributed by atoms with Gasteiger partial charge in [-0.05, 0) is 18.9 Å². The molecule has 0 N–H and O–H groups in total. The number of benzene rings is 1. The van der Waals surface area contributed by atoms with Crippen molar-refractivity contribution < 1.29 is 23.4 Å². The molecule has 1 aromatic carbocycles. The van der Waals surface area contributed by atoms with Crippen molar-refractivity contribution >= 4 is 5.97 Å². The van der Waals surface area contributed by atoms with E-state index in [1.165, 1.54) is 13.0 Å². The van der Waals surface area contributed by atoms with Crippen molar-refractivity contribution in [1.82, 2.24) is 0 Å². The van der Waals surface area contributed by atoms with E-state index in [4.69, 9.17) is 14.2 Å². The van der Waals surface area contributed by atoms with Crippen LogP contribution in [0, 0.1) is 11.7 Å². The number of hydrogen-bond acceptors (Lipinski definition) is 4. The molecular formula is C19H25FO4. The zero-order chi connectivity index (χ0) is 17.5. The Balaban J connectivity index is 1.74. The van der Waals surface area contributed by atoms with Crippen LogP contribution in [0.4, 0.5) is 4.39 Å². The maximum Gasteiger partial charge on any atom is 0.303 e. The molecule has 0 spiro atoms. The summed E-state index contributed by atoms with van der Waals surface area (Å²) in [5, 5.41) is 0. The first-order valence-corrected chi connectivity index (χ1v) is 8.49. The predicted octanol–water partition coefficient (Wildman–Crippen LogP) is 3.62. The second-order valence-corrected chi connectivity index (χ2v) is 7.42. The van der Waals surface area contributed by atoms with Gasteiger partial charge in [0.25, 0.3) is 0 Å². The van der Waals surface area contributed by atoms with Gasteiger partial charge >= 0.3 is 5.97 Å². The molecule has 0 unspecified atom stereocenters. The summed E-state index contributed by atoms with van der Waals surface area (Å²) < 4.78 is 31.7. The van der Waals surface area contributed by atoms with Gasteiger partial charge < -0.3 is 14.2 Å². The van der Waals surface area contributed by atoms with Crippen LogP contribution in [0.3, 0.4) is 0 Å². The standard InChI is InChI=1S/C19H25FO4/c1-12(2)19-10-16(22-11-14-7-5-6-8-15(14)20)18(4,24-19)9-17(19)23-13(3)21/h5-8,12,16-17H,9-11H2,1-4H3/t16-,17-,18+,19-/m1/s1. The van der Waals surface area contributed by atoms with Crippen molar-refractivity contribution in [2.24, 2.45) is 5.92 Å². The van der Waals surface area contributed by atoms with Gasteiger partial charge in [-0.2, -0.15) is 0 Å². The van der Waals surface area contributed by atoms with Crippen LogP contribution in [0.5, 0.6) is 0 Å². The molecule has 2 fully saturated rings. The highest BCUT2D eigenvalue weighted by atomic mass is 19.1. The first-order valence-electron chi connectivity index (χ1n) is 8.49. The van der Waals surface area contributed by atoms with Crippen LogP contribution in [0.2, 0.25) is 0 Å². The normalized spacial score (nSPS) is 34.8. The Morgan fingerprint density at radius 3 is 2.67 bits per heavy atom. The number of rotatable bonds is 5. The van der Waals surface area contributed by atoms with Gasteiger partial charge in [-0.15, -0.1) is 0 Å². The molecule has 2 aliphatic heterocycles. The van der Waals surface area contributed by atoms with E-state index in [0.29, 0.717) is 18.4 Å². The predicted molar refractivity (Wildman–Crippen MR) is 86.8 cm³/mol. The molecule has 1 aromatic rings. The van der Waals surface area contributed by atoms with E-state index >= 15 is 0 Å². The molecule has 4 nitrogen and oxygen atoms in total. The lowest BCUT2D eigenvalue weighted by molar-refractivity contribution is -0.160. The van der Waals surface area contributed by atoms with Gasteiger partial charge in [0.2, 0.25) is 0 Å². The minimum absolute atomic E-state index is 0.147. The van der Waals surface area contributed by atoms with Gasteiger partial charge in [-0.1, -0.05) is 32.0 Å². The molecule has 0 aromatic heterocycles. The lowest BCUT2D eigenvalue weighted by Crippen LogP contribution is -2.49. The zero-order valence-electron chi connectivity index (χ0n) is 14.7. The fraction of sp³-hybridized carbons (Fsp3) is 0.632. The van der Waals surface area contributed by atoms with Crippen molar-refractivity contribution in [3.63, 3.8) is 0 Å². The summed E-state index contributed by atoms with van der Waals surface area (Å²) in [6.45, 7) is 7.77. The minimum atomic E-state index is -0.527. The monoisotopic (exact) mass is 336 g/mol. The average Bonchev–Trinajstić information content (AvgIpc) is 2.94. The molecule has 5 heteroatoms. The van der Waals surface area contributed by atoms with Crippen molar-refractivity contribution in [3.05, 3.63) is 35.6 Å². The topological polar surface area (TPSA) is 44.8 Å². The molecule has 4 atom stereocenters. The molecule has 0 saturated carbocycles. The second kappa shape index (κ2) is 6.12. The fourth-order valence-electron chi connectivity index (χ4n) is 4.07. The van der Waals surface area contributed by atoms with Crippen molar-refractivity contribution in [2.45, 2.75) is 70.6 Å². The number of ether oxygens (including phenoxy) is 3. The van der Waals surface area contributed by atoms with Crippen molar-refractivity contribution in [2.75, 3.05) is 0 Å². The summed E-state index contributed by atoms with van der Waals surface area (Å²) in [5.74, 6) is -0.363. The van der Waals surface area contributed by atoms with Crippen LogP contribution >= 0.6 is 0 Å². The van der Waals surface area contributed by atoms with Gasteiger partial charge in [-0.25, -0.2) is 4.39 Å². The molecule has 3 rings (SSSR count). The summed E-state index contributed by atoms with van der Waals surface area (Å²) in [6, 6.07) is 6.63. The molecule has 2 heterocycles. The van der Waals surface area contributed by atoms with Gasteiger partial charge in [0, 0.05) is 25.3 Å². The van der Waals surface area contributed by atoms with Crippen LogP contribution in [0.25, 0.3) is 0 Å². The lowest BCUT2D eigenvalue weighted by Gasteiger charge is -2.37. The Labute approximate surface area is 142 Å². The molecule has 0 radical (unpaired) electrons. The first kappa shape index (κ1) is 17.4. The van der Waals surface area contributed by atoms with Crippen LogP contribution in [0.15, 0.2) is 24.3 Å². The fourth-order valence-corrected chi connectivity index (χ4v) is 4.07. The highest BCUT2D eigenvalue weighted by Crippen LogP contribution is 2.56. The number of hydrogen-bond donors (Lipinski definition) is 0. The quantitative estimate of drug-likeness (QED) is 0.771. The molecular weight excluding hydrogens is 311 g/mol. The molecule has 24 heavy (non-hydrogen) atoms. The van der Waals surface area contributed by atoms with Gasteiger partial charge in [0.1, 0.15) is 17.5 Å².